The minimum atomic E-state index is 0.374. The van der Waals surface area contributed by atoms with Crippen LogP contribution >= 0.6 is 0 Å². The van der Waals surface area contributed by atoms with Crippen LogP contribution in [0.4, 0.5) is 5.82 Å². The number of likely N-dealkylation sites (tertiary alicyclic amines) is 1. The van der Waals surface area contributed by atoms with E-state index in [0.29, 0.717) is 11.3 Å². The SMILES string of the molecule is COc1cc(N2CCC3(CCCN(Cc4cnn(C)c4)C3)C2)ncn1. The third-order valence-electron chi connectivity index (χ3n) is 5.50. The summed E-state index contributed by atoms with van der Waals surface area (Å²) in [6.45, 7) is 5.45. The highest BCUT2D eigenvalue weighted by Gasteiger charge is 2.41. The standard InChI is InChI=1S/C18H26N6O/c1-22-10-15(9-21-22)11-23-6-3-4-18(12-23)5-7-24(13-18)16-8-17(25-2)20-14-19-16/h8-10,14H,3-7,11-13H2,1-2H3. The summed E-state index contributed by atoms with van der Waals surface area (Å²) in [5, 5.41) is 4.29. The fourth-order valence-electron chi connectivity index (χ4n) is 4.34. The van der Waals surface area contributed by atoms with Gasteiger partial charge < -0.3 is 9.64 Å². The lowest BCUT2D eigenvalue weighted by Gasteiger charge is -2.40. The molecule has 2 aromatic heterocycles. The van der Waals surface area contributed by atoms with Crippen molar-refractivity contribution in [1.82, 2.24) is 24.6 Å². The van der Waals surface area contributed by atoms with Gasteiger partial charge in [0.25, 0.3) is 0 Å². The van der Waals surface area contributed by atoms with Crippen LogP contribution in [-0.4, -0.2) is 57.9 Å². The number of nitrogens with zero attached hydrogens (tertiary/aromatic N) is 6. The normalized spacial score (nSPS) is 24.2. The molecule has 2 saturated heterocycles. The van der Waals surface area contributed by atoms with Crippen LogP contribution in [0.15, 0.2) is 24.8 Å². The predicted octanol–water partition coefficient (Wildman–Crippen LogP) is 1.71. The molecule has 4 rings (SSSR count). The van der Waals surface area contributed by atoms with Gasteiger partial charge in [-0.1, -0.05) is 0 Å². The maximum absolute atomic E-state index is 5.24. The van der Waals surface area contributed by atoms with E-state index in [2.05, 4.69) is 31.1 Å². The molecule has 7 heteroatoms. The van der Waals surface area contributed by atoms with Gasteiger partial charge in [0.05, 0.1) is 13.3 Å². The Balaban J connectivity index is 1.43. The van der Waals surface area contributed by atoms with E-state index in [9.17, 15) is 0 Å². The Morgan fingerprint density at radius 2 is 2.12 bits per heavy atom. The molecule has 0 bridgehead atoms. The van der Waals surface area contributed by atoms with Crippen molar-refractivity contribution in [2.24, 2.45) is 12.5 Å². The van der Waals surface area contributed by atoms with Crippen molar-refractivity contribution < 1.29 is 4.74 Å². The molecule has 1 spiro atoms. The molecule has 7 nitrogen and oxygen atoms in total. The van der Waals surface area contributed by atoms with Crippen LogP contribution in [0.2, 0.25) is 0 Å². The number of hydrogen-bond donors (Lipinski definition) is 0. The molecule has 2 fully saturated rings. The lowest BCUT2D eigenvalue weighted by molar-refractivity contribution is 0.0991. The van der Waals surface area contributed by atoms with E-state index in [-0.39, 0.29) is 0 Å². The van der Waals surface area contributed by atoms with Gasteiger partial charge in [0.15, 0.2) is 0 Å². The van der Waals surface area contributed by atoms with Gasteiger partial charge >= 0.3 is 0 Å². The number of rotatable bonds is 4. The third-order valence-corrected chi connectivity index (χ3v) is 5.50. The lowest BCUT2D eigenvalue weighted by atomic mass is 9.79. The zero-order valence-electron chi connectivity index (χ0n) is 15.1. The third kappa shape index (κ3) is 3.46. The molecule has 1 atom stereocenters. The minimum absolute atomic E-state index is 0.374. The molecular weight excluding hydrogens is 316 g/mol. The van der Waals surface area contributed by atoms with E-state index in [4.69, 9.17) is 4.74 Å². The van der Waals surface area contributed by atoms with Gasteiger partial charge in [-0.05, 0) is 25.8 Å². The fraction of sp³-hybridized carbons (Fsp3) is 0.611. The maximum Gasteiger partial charge on any atom is 0.218 e. The highest BCUT2D eigenvalue weighted by molar-refractivity contribution is 5.42. The minimum Gasteiger partial charge on any atom is -0.481 e. The van der Waals surface area contributed by atoms with E-state index in [0.717, 1.165) is 32.0 Å². The van der Waals surface area contributed by atoms with Gasteiger partial charge in [-0.2, -0.15) is 5.10 Å². The molecular formula is C18H26N6O. The molecule has 0 radical (unpaired) electrons. The van der Waals surface area contributed by atoms with Crippen molar-refractivity contribution in [2.75, 3.05) is 38.2 Å². The summed E-state index contributed by atoms with van der Waals surface area (Å²) in [5.41, 5.74) is 1.67. The lowest BCUT2D eigenvalue weighted by Crippen LogP contribution is -2.44. The van der Waals surface area contributed by atoms with Crippen molar-refractivity contribution in [3.8, 4) is 5.88 Å². The maximum atomic E-state index is 5.24. The molecule has 2 aromatic rings. The number of ether oxygens (including phenoxy) is 1. The van der Waals surface area contributed by atoms with E-state index in [1.165, 1.54) is 31.4 Å². The van der Waals surface area contributed by atoms with E-state index in [1.54, 1.807) is 13.4 Å². The first-order valence-electron chi connectivity index (χ1n) is 8.97. The van der Waals surface area contributed by atoms with Crippen molar-refractivity contribution in [3.63, 3.8) is 0 Å². The number of methoxy groups -OCH3 is 1. The van der Waals surface area contributed by atoms with Gasteiger partial charge in [0, 0.05) is 56.5 Å². The molecule has 0 aliphatic carbocycles. The van der Waals surface area contributed by atoms with Crippen molar-refractivity contribution >= 4 is 5.82 Å². The molecule has 2 aliphatic heterocycles. The zero-order valence-corrected chi connectivity index (χ0v) is 15.1. The van der Waals surface area contributed by atoms with Crippen molar-refractivity contribution in [2.45, 2.75) is 25.8 Å². The average Bonchev–Trinajstić information content (AvgIpc) is 3.22. The Kier molecular flexibility index (Phi) is 4.33. The first-order valence-corrected chi connectivity index (χ1v) is 8.97. The summed E-state index contributed by atoms with van der Waals surface area (Å²) in [7, 11) is 3.63. The number of piperidine rings is 1. The molecule has 4 heterocycles. The van der Waals surface area contributed by atoms with Crippen LogP contribution in [0.1, 0.15) is 24.8 Å². The summed E-state index contributed by atoms with van der Waals surface area (Å²) < 4.78 is 7.13. The molecule has 0 amide bonds. The van der Waals surface area contributed by atoms with Gasteiger partial charge in [0.1, 0.15) is 12.1 Å². The van der Waals surface area contributed by atoms with Crippen LogP contribution in [-0.2, 0) is 13.6 Å². The van der Waals surface area contributed by atoms with E-state index >= 15 is 0 Å². The first-order chi connectivity index (χ1) is 12.2. The predicted molar refractivity (Wildman–Crippen MR) is 95.6 cm³/mol. The molecule has 0 saturated carbocycles. The Hall–Kier alpha value is -2.15. The molecule has 0 aromatic carbocycles. The van der Waals surface area contributed by atoms with Gasteiger partial charge in [0.2, 0.25) is 5.88 Å². The number of aryl methyl sites for hydroxylation is 1. The van der Waals surface area contributed by atoms with Crippen LogP contribution in [0, 0.1) is 5.41 Å². The van der Waals surface area contributed by atoms with Crippen molar-refractivity contribution in [1.29, 1.82) is 0 Å². The zero-order chi connectivity index (χ0) is 17.3. The topological polar surface area (TPSA) is 59.3 Å². The van der Waals surface area contributed by atoms with Gasteiger partial charge in [-0.3, -0.25) is 9.58 Å². The fourth-order valence-corrected chi connectivity index (χ4v) is 4.34. The van der Waals surface area contributed by atoms with Gasteiger partial charge in [-0.15, -0.1) is 0 Å². The van der Waals surface area contributed by atoms with E-state index in [1.807, 2.05) is 24.0 Å². The number of hydrogen-bond acceptors (Lipinski definition) is 6. The van der Waals surface area contributed by atoms with Crippen LogP contribution in [0.25, 0.3) is 0 Å². The first kappa shape index (κ1) is 16.3. The summed E-state index contributed by atoms with van der Waals surface area (Å²) in [4.78, 5) is 13.5. The molecule has 1 unspecified atom stereocenters. The molecule has 2 aliphatic rings. The molecule has 134 valence electrons. The molecule has 25 heavy (non-hydrogen) atoms. The summed E-state index contributed by atoms with van der Waals surface area (Å²) in [6.07, 6.45) is 9.48. The second-order valence-electron chi connectivity index (χ2n) is 7.43. The van der Waals surface area contributed by atoms with Crippen molar-refractivity contribution in [3.05, 3.63) is 30.4 Å². The Morgan fingerprint density at radius 3 is 2.92 bits per heavy atom. The monoisotopic (exact) mass is 342 g/mol. The van der Waals surface area contributed by atoms with Gasteiger partial charge in [-0.25, -0.2) is 9.97 Å². The largest absolute Gasteiger partial charge is 0.481 e. The highest BCUT2D eigenvalue weighted by Crippen LogP contribution is 2.40. The average molecular weight is 342 g/mol. The summed E-state index contributed by atoms with van der Waals surface area (Å²) in [6, 6.07) is 1.94. The quantitative estimate of drug-likeness (QED) is 0.843. The Labute approximate surface area is 148 Å². The van der Waals surface area contributed by atoms with E-state index < -0.39 is 0 Å². The summed E-state index contributed by atoms with van der Waals surface area (Å²) in [5.74, 6) is 1.61. The Bertz CT molecular complexity index is 732. The second kappa shape index (κ2) is 6.63. The summed E-state index contributed by atoms with van der Waals surface area (Å²) >= 11 is 0. The van der Waals surface area contributed by atoms with Crippen LogP contribution in [0.5, 0.6) is 5.88 Å². The Morgan fingerprint density at radius 1 is 1.20 bits per heavy atom. The number of aromatic nitrogens is 4. The number of anilines is 1. The highest BCUT2D eigenvalue weighted by atomic mass is 16.5. The smallest absolute Gasteiger partial charge is 0.218 e. The van der Waals surface area contributed by atoms with Crippen LogP contribution < -0.4 is 9.64 Å². The second-order valence-corrected chi connectivity index (χ2v) is 7.43. The van der Waals surface area contributed by atoms with Crippen LogP contribution in [0.3, 0.4) is 0 Å². The molecule has 0 N–H and O–H groups in total.